The lowest BCUT2D eigenvalue weighted by Gasteiger charge is -2.23. The molecule has 0 spiro atoms. The fraction of sp³-hybridized carbons (Fsp3) is 0.643. The molecule has 1 aliphatic rings. The number of nitrogens with one attached hydrogen (secondary N) is 2. The third-order valence-electron chi connectivity index (χ3n) is 6.02. The van der Waals surface area contributed by atoms with Crippen LogP contribution in [0.25, 0.3) is 0 Å². The van der Waals surface area contributed by atoms with Crippen LogP contribution in [0, 0.1) is 5.92 Å². The van der Waals surface area contributed by atoms with Crippen LogP contribution in [0.5, 0.6) is 0 Å². The summed E-state index contributed by atoms with van der Waals surface area (Å²) in [5.41, 5.74) is 0.648. The summed E-state index contributed by atoms with van der Waals surface area (Å²) in [6, 6.07) is -0.863. The number of allylic oxidation sites excluding steroid dienone is 1. The molecule has 2 amide bonds. The summed E-state index contributed by atoms with van der Waals surface area (Å²) in [4.78, 5) is 59.4. The normalized spacial score (nSPS) is 20.5. The molecule has 9 nitrogen and oxygen atoms in total. The predicted octanol–water partition coefficient (Wildman–Crippen LogP) is 4.89. The Morgan fingerprint density at radius 2 is 2.00 bits per heavy atom. The first-order valence-electron chi connectivity index (χ1n) is 13.9. The topological polar surface area (TPSA) is 127 Å². The minimum absolute atomic E-state index is 0.0689. The number of carbonyl (C=O) groups excluding carboxylic acids is 4. The molecule has 40 heavy (non-hydrogen) atoms. The molecule has 222 valence electrons. The summed E-state index contributed by atoms with van der Waals surface area (Å²) in [5, 5.41) is 8.96. The van der Waals surface area contributed by atoms with E-state index in [4.69, 9.17) is 4.74 Å². The monoisotopic (exact) mass is 610 g/mol. The fourth-order valence-electron chi connectivity index (χ4n) is 3.82. The number of amides is 2. The average molecular weight is 611 g/mol. The summed E-state index contributed by atoms with van der Waals surface area (Å²) in [7, 11) is 1.63. The maximum absolute atomic E-state index is 13.1. The van der Waals surface area contributed by atoms with Crippen molar-refractivity contribution in [3.8, 4) is 0 Å². The van der Waals surface area contributed by atoms with Gasteiger partial charge in [0.1, 0.15) is 27.9 Å². The first-order chi connectivity index (χ1) is 19.2. The summed E-state index contributed by atoms with van der Waals surface area (Å²) < 4.78 is 5.71. The van der Waals surface area contributed by atoms with Crippen molar-refractivity contribution < 1.29 is 23.9 Å². The molecule has 1 aliphatic heterocycles. The van der Waals surface area contributed by atoms with Gasteiger partial charge in [0.2, 0.25) is 11.8 Å². The maximum atomic E-state index is 13.1. The van der Waals surface area contributed by atoms with Crippen LogP contribution in [0.4, 0.5) is 0 Å². The summed E-state index contributed by atoms with van der Waals surface area (Å²) in [6.45, 7) is 6.05. The van der Waals surface area contributed by atoms with E-state index in [2.05, 4.69) is 27.5 Å². The van der Waals surface area contributed by atoms with Crippen LogP contribution in [0.15, 0.2) is 22.5 Å². The van der Waals surface area contributed by atoms with Crippen LogP contribution in [0.2, 0.25) is 0 Å². The van der Waals surface area contributed by atoms with E-state index in [1.54, 1.807) is 13.1 Å². The molecule has 0 aliphatic carbocycles. The van der Waals surface area contributed by atoms with Crippen LogP contribution < -0.4 is 10.6 Å². The van der Waals surface area contributed by atoms with E-state index >= 15 is 0 Å². The Kier molecular flexibility index (Phi) is 16.2. The van der Waals surface area contributed by atoms with Crippen molar-refractivity contribution in [1.29, 1.82) is 0 Å². The Morgan fingerprint density at radius 1 is 1.23 bits per heavy atom. The Balaban J connectivity index is 2.04. The van der Waals surface area contributed by atoms with Crippen molar-refractivity contribution in [3.63, 3.8) is 0 Å². The molecular weight excluding hydrogens is 569 g/mol. The minimum atomic E-state index is -0.863. The second-order valence-corrected chi connectivity index (χ2v) is 12.8. The zero-order valence-corrected chi connectivity index (χ0v) is 26.4. The Labute approximate surface area is 250 Å². The van der Waals surface area contributed by atoms with Gasteiger partial charge in [-0.25, -0.2) is 9.78 Å². The number of rotatable bonds is 11. The van der Waals surface area contributed by atoms with Gasteiger partial charge in [0.15, 0.2) is 5.12 Å². The van der Waals surface area contributed by atoms with Gasteiger partial charge in [0.25, 0.3) is 0 Å². The van der Waals surface area contributed by atoms with Gasteiger partial charge in [0.05, 0.1) is 18.7 Å². The number of hydrogen-bond acceptors (Lipinski definition) is 10. The number of fused-ring (bicyclic) bond motifs is 2. The SMILES string of the molecule is CCCCCCCC(=O)SCC/C=C/C1CC(=O)NCc2nc(cs2)/C(=N/C)SCC(=O)N[C@@H](C(C)C)C(=O)O1. The van der Waals surface area contributed by atoms with Gasteiger partial charge in [0, 0.05) is 24.6 Å². The Morgan fingerprint density at radius 3 is 2.73 bits per heavy atom. The van der Waals surface area contributed by atoms with Crippen LogP contribution in [-0.2, 0) is 30.5 Å². The fourth-order valence-corrected chi connectivity index (χ4v) is 6.12. The molecule has 0 fully saturated rings. The lowest BCUT2D eigenvalue weighted by molar-refractivity contribution is -0.153. The number of unbranched alkanes of at least 4 members (excludes halogenated alkanes) is 4. The highest BCUT2D eigenvalue weighted by atomic mass is 32.2. The molecule has 1 unspecified atom stereocenters. The molecule has 2 N–H and O–H groups in total. The maximum Gasteiger partial charge on any atom is 0.329 e. The smallest absolute Gasteiger partial charge is 0.329 e. The number of cyclic esters (lactones) is 1. The summed E-state index contributed by atoms with van der Waals surface area (Å²) in [6.07, 6.45) is 9.42. The van der Waals surface area contributed by atoms with Crippen molar-refractivity contribution in [2.45, 2.75) is 90.8 Å². The van der Waals surface area contributed by atoms with Gasteiger partial charge in [-0.1, -0.05) is 76.1 Å². The first kappa shape index (κ1) is 34.0. The van der Waals surface area contributed by atoms with E-state index in [1.165, 1.54) is 54.1 Å². The van der Waals surface area contributed by atoms with E-state index in [-0.39, 0.29) is 41.6 Å². The highest BCUT2D eigenvalue weighted by molar-refractivity contribution is 8.15. The van der Waals surface area contributed by atoms with Gasteiger partial charge in [-0.05, 0) is 24.8 Å². The number of carbonyl (C=O) groups is 4. The van der Waals surface area contributed by atoms with Gasteiger partial charge in [-0.15, -0.1) is 11.3 Å². The third kappa shape index (κ3) is 13.0. The van der Waals surface area contributed by atoms with Crippen LogP contribution >= 0.6 is 34.9 Å². The summed E-state index contributed by atoms with van der Waals surface area (Å²) in [5.74, 6) is -0.726. The number of ether oxygens (including phenoxy) is 1. The number of aromatic nitrogens is 1. The zero-order chi connectivity index (χ0) is 29.3. The number of aliphatic imine (C=N–C) groups is 1. The van der Waals surface area contributed by atoms with Gasteiger partial charge < -0.3 is 15.4 Å². The molecule has 2 heterocycles. The van der Waals surface area contributed by atoms with Crippen molar-refractivity contribution in [3.05, 3.63) is 28.2 Å². The van der Waals surface area contributed by atoms with Gasteiger partial charge in [-0.2, -0.15) is 0 Å². The van der Waals surface area contributed by atoms with Crippen LogP contribution in [-0.4, -0.2) is 63.6 Å². The number of esters is 1. The lowest BCUT2D eigenvalue weighted by Crippen LogP contribution is -2.47. The molecule has 2 rings (SSSR count). The number of thiazole rings is 1. The van der Waals surface area contributed by atoms with Crippen LogP contribution in [0.1, 0.15) is 82.8 Å². The molecule has 0 saturated carbocycles. The number of hydrogen-bond donors (Lipinski definition) is 2. The molecule has 0 aromatic carbocycles. The van der Waals surface area contributed by atoms with E-state index in [1.807, 2.05) is 25.3 Å². The Bertz CT molecular complexity index is 1040. The molecule has 12 heteroatoms. The molecular formula is C28H42N4O5S3. The highest BCUT2D eigenvalue weighted by Gasteiger charge is 2.28. The van der Waals surface area contributed by atoms with E-state index in [0.717, 1.165) is 12.8 Å². The first-order valence-corrected chi connectivity index (χ1v) is 16.7. The largest absolute Gasteiger partial charge is 0.456 e. The third-order valence-corrected chi connectivity index (χ3v) is 8.91. The molecule has 1 aromatic rings. The van der Waals surface area contributed by atoms with Crippen LogP contribution in [0.3, 0.4) is 0 Å². The van der Waals surface area contributed by atoms with Gasteiger partial charge in [-0.3, -0.25) is 19.4 Å². The minimum Gasteiger partial charge on any atom is -0.456 e. The quantitative estimate of drug-likeness (QED) is 0.206. The van der Waals surface area contributed by atoms with Crippen molar-refractivity contribution in [1.82, 2.24) is 15.6 Å². The molecule has 0 radical (unpaired) electrons. The second kappa shape index (κ2) is 19.0. The van der Waals surface area contributed by atoms with Crippen molar-refractivity contribution >= 4 is 62.8 Å². The summed E-state index contributed by atoms with van der Waals surface area (Å²) >= 11 is 3.95. The lowest BCUT2D eigenvalue weighted by atomic mass is 10.0. The molecule has 0 saturated heterocycles. The standard InChI is InChI=1S/C28H42N4O5S3/c1-5-6-7-8-9-13-25(35)38-14-11-10-12-20-15-22(33)30-16-24-31-21(17-39-24)27(29-4)40-18-23(34)32-26(19(2)3)28(36)37-20/h10,12,17,19-20,26H,5-9,11,13-16,18H2,1-4H3,(H,30,33)(H,32,34)/b12-10+,29-27-/t20?,26-/m0/s1. The number of thioether (sulfide) groups is 2. The van der Waals surface area contributed by atoms with Crippen molar-refractivity contribution in [2.24, 2.45) is 10.9 Å². The molecule has 1 aromatic heterocycles. The zero-order valence-electron chi connectivity index (χ0n) is 23.9. The average Bonchev–Trinajstić information content (AvgIpc) is 3.38. The molecule has 2 atom stereocenters. The van der Waals surface area contributed by atoms with E-state index in [9.17, 15) is 19.2 Å². The second-order valence-electron chi connectivity index (χ2n) is 9.79. The van der Waals surface area contributed by atoms with Crippen molar-refractivity contribution in [2.75, 3.05) is 18.6 Å². The van der Waals surface area contributed by atoms with E-state index in [0.29, 0.717) is 34.3 Å². The Hall–Kier alpha value is -2.18. The highest BCUT2D eigenvalue weighted by Crippen LogP contribution is 2.19. The predicted molar refractivity (Wildman–Crippen MR) is 165 cm³/mol. The van der Waals surface area contributed by atoms with Gasteiger partial charge >= 0.3 is 5.97 Å². The van der Waals surface area contributed by atoms with E-state index < -0.39 is 18.1 Å². The number of nitrogens with zero attached hydrogens (tertiary/aromatic N) is 2. The molecule has 2 bridgehead atoms.